The van der Waals surface area contributed by atoms with E-state index < -0.39 is 0 Å². The standard InChI is InChI=1S/C19H31N3O3/c1-3-20-19(22-10-8-17(23)9-11-22)21-15-16-6-4-7-18(14-16)25-13-5-12-24-2/h4,6-7,14,17,23H,3,5,8-13,15H2,1-2H3,(H,20,21). The van der Waals surface area contributed by atoms with Crippen molar-refractivity contribution in [3.05, 3.63) is 29.8 Å². The first kappa shape index (κ1) is 19.5. The van der Waals surface area contributed by atoms with E-state index >= 15 is 0 Å². The van der Waals surface area contributed by atoms with Crippen LogP contribution in [0.4, 0.5) is 0 Å². The normalized spacial score (nSPS) is 16.1. The second kappa shape index (κ2) is 10.9. The van der Waals surface area contributed by atoms with Crippen molar-refractivity contribution in [1.29, 1.82) is 0 Å². The van der Waals surface area contributed by atoms with Gasteiger partial charge in [-0.15, -0.1) is 0 Å². The number of rotatable bonds is 8. The van der Waals surface area contributed by atoms with Gasteiger partial charge in [0, 0.05) is 39.8 Å². The third kappa shape index (κ3) is 6.92. The SMILES string of the molecule is CCNC(=NCc1cccc(OCCCOC)c1)N1CCC(O)CC1. The number of hydrogen-bond acceptors (Lipinski definition) is 4. The van der Waals surface area contributed by atoms with Crippen molar-refractivity contribution in [3.8, 4) is 5.75 Å². The molecule has 0 amide bonds. The molecule has 0 aliphatic carbocycles. The summed E-state index contributed by atoms with van der Waals surface area (Å²) in [6.07, 6.45) is 2.31. The minimum Gasteiger partial charge on any atom is -0.493 e. The van der Waals surface area contributed by atoms with Crippen LogP contribution in [-0.4, -0.2) is 62.0 Å². The summed E-state index contributed by atoms with van der Waals surface area (Å²) in [5, 5.41) is 13.0. The fourth-order valence-electron chi connectivity index (χ4n) is 2.80. The summed E-state index contributed by atoms with van der Waals surface area (Å²) < 4.78 is 10.8. The molecular formula is C19H31N3O3. The maximum atomic E-state index is 9.67. The molecule has 0 saturated carbocycles. The third-order valence-corrected chi connectivity index (χ3v) is 4.17. The van der Waals surface area contributed by atoms with Gasteiger partial charge in [0.05, 0.1) is 19.3 Å². The summed E-state index contributed by atoms with van der Waals surface area (Å²) in [6, 6.07) is 8.08. The van der Waals surface area contributed by atoms with Gasteiger partial charge in [0.2, 0.25) is 0 Å². The number of piperidine rings is 1. The molecule has 0 bridgehead atoms. The average molecular weight is 349 g/mol. The Labute approximate surface area is 150 Å². The van der Waals surface area contributed by atoms with Gasteiger partial charge in [-0.1, -0.05) is 12.1 Å². The van der Waals surface area contributed by atoms with E-state index in [0.29, 0.717) is 19.8 Å². The van der Waals surface area contributed by atoms with Crippen LogP contribution < -0.4 is 10.1 Å². The zero-order valence-corrected chi connectivity index (χ0v) is 15.4. The molecule has 2 N–H and O–H groups in total. The maximum Gasteiger partial charge on any atom is 0.194 e. The first-order valence-electron chi connectivity index (χ1n) is 9.15. The highest BCUT2D eigenvalue weighted by Crippen LogP contribution is 2.15. The van der Waals surface area contributed by atoms with Crippen LogP contribution in [-0.2, 0) is 11.3 Å². The number of aliphatic imine (C=N–C) groups is 1. The van der Waals surface area contributed by atoms with Crippen LogP contribution in [0.15, 0.2) is 29.3 Å². The lowest BCUT2D eigenvalue weighted by Gasteiger charge is -2.32. The third-order valence-electron chi connectivity index (χ3n) is 4.17. The topological polar surface area (TPSA) is 66.3 Å². The van der Waals surface area contributed by atoms with Crippen molar-refractivity contribution >= 4 is 5.96 Å². The van der Waals surface area contributed by atoms with Gasteiger partial charge in [-0.3, -0.25) is 0 Å². The summed E-state index contributed by atoms with van der Waals surface area (Å²) in [6.45, 7) is 6.56. The summed E-state index contributed by atoms with van der Waals surface area (Å²) in [7, 11) is 1.70. The Hall–Kier alpha value is -1.79. The zero-order chi connectivity index (χ0) is 17.9. The number of guanidine groups is 1. The van der Waals surface area contributed by atoms with Crippen molar-refractivity contribution < 1.29 is 14.6 Å². The van der Waals surface area contributed by atoms with Crippen molar-refractivity contribution in [3.63, 3.8) is 0 Å². The summed E-state index contributed by atoms with van der Waals surface area (Å²) >= 11 is 0. The Balaban J connectivity index is 1.92. The first-order valence-corrected chi connectivity index (χ1v) is 9.15. The molecule has 0 spiro atoms. The van der Waals surface area contributed by atoms with Crippen LogP contribution in [0.2, 0.25) is 0 Å². The summed E-state index contributed by atoms with van der Waals surface area (Å²) in [4.78, 5) is 6.98. The highest BCUT2D eigenvalue weighted by Gasteiger charge is 2.19. The highest BCUT2D eigenvalue weighted by atomic mass is 16.5. The van der Waals surface area contributed by atoms with Crippen LogP contribution in [0.5, 0.6) is 5.75 Å². The van der Waals surface area contributed by atoms with Crippen LogP contribution >= 0.6 is 0 Å². The molecule has 1 fully saturated rings. The molecule has 0 aromatic heterocycles. The van der Waals surface area contributed by atoms with Crippen LogP contribution in [0.1, 0.15) is 31.7 Å². The smallest absolute Gasteiger partial charge is 0.194 e. The highest BCUT2D eigenvalue weighted by molar-refractivity contribution is 5.80. The lowest BCUT2D eigenvalue weighted by atomic mass is 10.1. The molecule has 1 aliphatic heterocycles. The van der Waals surface area contributed by atoms with Gasteiger partial charge in [-0.2, -0.15) is 0 Å². The summed E-state index contributed by atoms with van der Waals surface area (Å²) in [5.74, 6) is 1.79. The second-order valence-corrected chi connectivity index (χ2v) is 6.23. The number of hydrogen-bond donors (Lipinski definition) is 2. The molecule has 25 heavy (non-hydrogen) atoms. The average Bonchev–Trinajstić information content (AvgIpc) is 2.63. The summed E-state index contributed by atoms with van der Waals surface area (Å²) in [5.41, 5.74) is 1.12. The lowest BCUT2D eigenvalue weighted by molar-refractivity contribution is 0.108. The van der Waals surface area contributed by atoms with E-state index in [0.717, 1.165) is 56.2 Å². The molecular weight excluding hydrogens is 318 g/mol. The number of benzene rings is 1. The molecule has 2 rings (SSSR count). The molecule has 0 atom stereocenters. The number of aliphatic hydroxyl groups excluding tert-OH is 1. The quantitative estimate of drug-likeness (QED) is 0.427. The van der Waals surface area contributed by atoms with Crippen LogP contribution in [0.25, 0.3) is 0 Å². The Morgan fingerprint density at radius 1 is 1.32 bits per heavy atom. The van der Waals surface area contributed by atoms with Crippen molar-refractivity contribution in [1.82, 2.24) is 10.2 Å². The van der Waals surface area contributed by atoms with Gasteiger partial charge in [-0.05, 0) is 37.5 Å². The van der Waals surface area contributed by atoms with Crippen molar-refractivity contribution in [2.75, 3.05) is 40.0 Å². The molecule has 1 aliphatic rings. The molecule has 1 saturated heterocycles. The number of likely N-dealkylation sites (tertiary alicyclic amines) is 1. The second-order valence-electron chi connectivity index (χ2n) is 6.23. The maximum absolute atomic E-state index is 9.67. The Kier molecular flexibility index (Phi) is 8.55. The fraction of sp³-hybridized carbons (Fsp3) is 0.632. The van der Waals surface area contributed by atoms with Gasteiger partial charge in [0.1, 0.15) is 5.75 Å². The molecule has 0 unspecified atom stereocenters. The first-order chi connectivity index (χ1) is 12.2. The van der Waals surface area contributed by atoms with Crippen molar-refractivity contribution in [2.24, 2.45) is 4.99 Å². The van der Waals surface area contributed by atoms with E-state index in [4.69, 9.17) is 14.5 Å². The minimum atomic E-state index is -0.175. The molecule has 6 heteroatoms. The number of nitrogens with one attached hydrogen (secondary N) is 1. The van der Waals surface area contributed by atoms with Crippen molar-refractivity contribution in [2.45, 2.75) is 38.8 Å². The molecule has 1 aromatic rings. The van der Waals surface area contributed by atoms with Gasteiger partial charge in [-0.25, -0.2) is 4.99 Å². The number of nitrogens with zero attached hydrogens (tertiary/aromatic N) is 2. The van der Waals surface area contributed by atoms with Gasteiger partial charge < -0.3 is 24.8 Å². The molecule has 0 radical (unpaired) electrons. The Morgan fingerprint density at radius 3 is 2.84 bits per heavy atom. The number of aliphatic hydroxyl groups is 1. The number of ether oxygens (including phenoxy) is 2. The van der Waals surface area contributed by atoms with E-state index in [1.54, 1.807) is 7.11 Å². The van der Waals surface area contributed by atoms with E-state index in [9.17, 15) is 5.11 Å². The van der Waals surface area contributed by atoms with E-state index in [2.05, 4.69) is 23.2 Å². The van der Waals surface area contributed by atoms with Gasteiger partial charge in [0.15, 0.2) is 5.96 Å². The lowest BCUT2D eigenvalue weighted by Crippen LogP contribution is -2.46. The van der Waals surface area contributed by atoms with Crippen LogP contribution in [0, 0.1) is 0 Å². The Morgan fingerprint density at radius 2 is 2.12 bits per heavy atom. The Bertz CT molecular complexity index is 528. The van der Waals surface area contributed by atoms with E-state index in [-0.39, 0.29) is 6.10 Å². The predicted octanol–water partition coefficient (Wildman–Crippen LogP) is 2.02. The van der Waals surface area contributed by atoms with E-state index in [1.165, 1.54) is 0 Å². The number of methoxy groups -OCH3 is 1. The van der Waals surface area contributed by atoms with Gasteiger partial charge >= 0.3 is 0 Å². The van der Waals surface area contributed by atoms with E-state index in [1.807, 2.05) is 18.2 Å². The largest absolute Gasteiger partial charge is 0.493 e. The molecule has 1 heterocycles. The molecule has 1 aromatic carbocycles. The predicted molar refractivity (Wildman–Crippen MR) is 100 cm³/mol. The van der Waals surface area contributed by atoms with Gasteiger partial charge in [0.25, 0.3) is 0 Å². The minimum absolute atomic E-state index is 0.175. The molecule has 140 valence electrons. The fourth-order valence-corrected chi connectivity index (χ4v) is 2.80. The van der Waals surface area contributed by atoms with Crippen LogP contribution in [0.3, 0.4) is 0 Å². The zero-order valence-electron chi connectivity index (χ0n) is 15.4. The monoisotopic (exact) mass is 349 g/mol. The molecule has 6 nitrogen and oxygen atoms in total.